The number of pyridine rings is 1. The van der Waals surface area contributed by atoms with E-state index >= 15 is 0 Å². The van der Waals surface area contributed by atoms with Crippen molar-refractivity contribution in [2.45, 2.75) is 24.1 Å². The Morgan fingerprint density at radius 1 is 1.17 bits per heavy atom. The van der Waals surface area contributed by atoms with Gasteiger partial charge in [0.2, 0.25) is 0 Å². The van der Waals surface area contributed by atoms with Crippen LogP contribution in [0.15, 0.2) is 45.5 Å². The molecule has 5 heteroatoms. The van der Waals surface area contributed by atoms with Gasteiger partial charge in [-0.25, -0.2) is 4.98 Å². The number of aromatic amines is 1. The lowest BCUT2D eigenvalue weighted by atomic mass is 10.1. The second-order valence-electron chi connectivity index (χ2n) is 5.52. The fraction of sp³-hybridized carbons (Fsp3) is 0.222. The van der Waals surface area contributed by atoms with E-state index in [1.807, 2.05) is 36.4 Å². The van der Waals surface area contributed by atoms with E-state index in [2.05, 4.69) is 16.9 Å². The van der Waals surface area contributed by atoms with Crippen molar-refractivity contribution in [1.82, 2.24) is 9.97 Å². The van der Waals surface area contributed by atoms with Crippen LogP contribution in [0.3, 0.4) is 0 Å². The number of benzene rings is 2. The maximum absolute atomic E-state index is 12.9. The number of unbranched alkanes of at least 4 members (excludes halogenated alkanes) is 1. The monoisotopic (exact) mass is 340 g/mol. The highest BCUT2D eigenvalue weighted by Crippen LogP contribution is 2.33. The number of thiazole rings is 1. The molecule has 0 unspecified atom stereocenters. The predicted octanol–water partition coefficient (Wildman–Crippen LogP) is 5.18. The van der Waals surface area contributed by atoms with Crippen LogP contribution < -0.4 is 5.43 Å². The van der Waals surface area contributed by atoms with Crippen molar-refractivity contribution in [3.63, 3.8) is 0 Å². The average molecular weight is 340 g/mol. The predicted molar refractivity (Wildman–Crippen MR) is 101 cm³/mol. The molecular weight excluding hydrogens is 324 g/mol. The van der Waals surface area contributed by atoms with Crippen molar-refractivity contribution >= 4 is 55.1 Å². The number of H-pyrrole nitrogens is 1. The summed E-state index contributed by atoms with van der Waals surface area (Å²) in [5.41, 5.74) is 2.78. The summed E-state index contributed by atoms with van der Waals surface area (Å²) in [7, 11) is 0. The number of para-hydroxylation sites is 1. The van der Waals surface area contributed by atoms with Gasteiger partial charge in [-0.15, -0.1) is 11.3 Å². The molecule has 0 aliphatic carbocycles. The minimum Gasteiger partial charge on any atom is -0.354 e. The van der Waals surface area contributed by atoms with Crippen LogP contribution in [0, 0.1) is 0 Å². The van der Waals surface area contributed by atoms with Gasteiger partial charge < -0.3 is 4.98 Å². The second kappa shape index (κ2) is 5.98. The number of fused-ring (bicyclic) bond motifs is 4. The van der Waals surface area contributed by atoms with Crippen LogP contribution in [0.5, 0.6) is 0 Å². The lowest BCUT2D eigenvalue weighted by molar-refractivity contribution is 0.896. The van der Waals surface area contributed by atoms with Crippen molar-refractivity contribution in [3.05, 3.63) is 46.6 Å². The fourth-order valence-electron chi connectivity index (χ4n) is 2.74. The highest BCUT2D eigenvalue weighted by molar-refractivity contribution is 8.01. The van der Waals surface area contributed by atoms with E-state index in [1.165, 1.54) is 12.8 Å². The lowest BCUT2D eigenvalue weighted by Gasteiger charge is -2.02. The minimum absolute atomic E-state index is 0.0914. The molecule has 0 fully saturated rings. The molecule has 0 amide bonds. The molecule has 0 radical (unpaired) electrons. The average Bonchev–Trinajstić information content (AvgIpc) is 2.98. The van der Waals surface area contributed by atoms with Crippen LogP contribution in [-0.2, 0) is 0 Å². The van der Waals surface area contributed by atoms with Gasteiger partial charge in [0.1, 0.15) is 0 Å². The van der Waals surface area contributed by atoms with Crippen LogP contribution in [0.1, 0.15) is 19.8 Å². The number of nitrogens with one attached hydrogen (secondary N) is 1. The third-order valence-corrected chi connectivity index (χ3v) is 6.25. The Labute approximate surface area is 141 Å². The second-order valence-corrected chi connectivity index (χ2v) is 7.86. The van der Waals surface area contributed by atoms with Crippen LogP contribution >= 0.6 is 23.1 Å². The summed E-state index contributed by atoms with van der Waals surface area (Å²) in [6.07, 6.45) is 2.37. The molecule has 2 heterocycles. The largest absolute Gasteiger partial charge is 0.354 e. The van der Waals surface area contributed by atoms with Crippen LogP contribution in [0.2, 0.25) is 0 Å². The van der Waals surface area contributed by atoms with Gasteiger partial charge in [0.15, 0.2) is 9.77 Å². The van der Waals surface area contributed by atoms with Gasteiger partial charge in [-0.3, -0.25) is 4.79 Å². The molecule has 0 spiro atoms. The van der Waals surface area contributed by atoms with Gasteiger partial charge in [0.25, 0.3) is 0 Å². The molecule has 2 aromatic carbocycles. The van der Waals surface area contributed by atoms with Gasteiger partial charge in [0, 0.05) is 16.7 Å². The molecule has 23 heavy (non-hydrogen) atoms. The van der Waals surface area contributed by atoms with E-state index in [0.717, 1.165) is 42.1 Å². The van der Waals surface area contributed by atoms with Gasteiger partial charge in [-0.2, -0.15) is 0 Å². The normalized spacial score (nSPS) is 11.7. The summed E-state index contributed by atoms with van der Waals surface area (Å²) < 4.78 is 2.04. The number of thioether (sulfide) groups is 1. The molecule has 0 atom stereocenters. The number of hydrogen-bond donors (Lipinski definition) is 1. The summed E-state index contributed by atoms with van der Waals surface area (Å²) in [6, 6.07) is 11.6. The fourth-order valence-corrected chi connectivity index (χ4v) is 5.08. The molecule has 116 valence electrons. The molecule has 0 aliphatic heterocycles. The SMILES string of the molecule is CCCCSc1nc2ccc3[nH]c4ccccc4c(=O)c3c2s1. The van der Waals surface area contributed by atoms with E-state index < -0.39 is 0 Å². The Bertz CT molecular complexity index is 1070. The van der Waals surface area contributed by atoms with Gasteiger partial charge in [-0.05, 0) is 30.7 Å². The van der Waals surface area contributed by atoms with Crippen molar-refractivity contribution in [3.8, 4) is 0 Å². The van der Waals surface area contributed by atoms with E-state index in [1.54, 1.807) is 23.1 Å². The highest BCUT2D eigenvalue weighted by atomic mass is 32.2. The summed E-state index contributed by atoms with van der Waals surface area (Å²) in [5, 5.41) is 1.50. The summed E-state index contributed by atoms with van der Waals surface area (Å²) in [5.74, 6) is 1.08. The molecule has 4 rings (SSSR count). The summed E-state index contributed by atoms with van der Waals surface area (Å²) >= 11 is 3.42. The van der Waals surface area contributed by atoms with Crippen molar-refractivity contribution in [2.75, 3.05) is 5.75 Å². The topological polar surface area (TPSA) is 45.8 Å². The number of aromatic nitrogens is 2. The maximum atomic E-state index is 12.9. The number of nitrogens with zero attached hydrogens (tertiary/aromatic N) is 1. The molecule has 1 N–H and O–H groups in total. The Morgan fingerprint density at radius 3 is 2.91 bits per heavy atom. The van der Waals surface area contributed by atoms with Crippen molar-refractivity contribution < 1.29 is 0 Å². The maximum Gasteiger partial charge on any atom is 0.198 e. The zero-order valence-corrected chi connectivity index (χ0v) is 14.4. The standard InChI is InChI=1S/C18H16N2OS2/c1-2-3-10-22-18-20-14-9-8-13-15(17(14)23-18)16(21)11-6-4-5-7-12(11)19-13/h4-9H,2-3,10H2,1H3,(H,19,21). The van der Waals surface area contributed by atoms with Crippen LogP contribution in [0.4, 0.5) is 0 Å². The first-order valence-electron chi connectivity index (χ1n) is 7.75. The summed E-state index contributed by atoms with van der Waals surface area (Å²) in [4.78, 5) is 21.0. The van der Waals surface area contributed by atoms with Gasteiger partial charge in [-0.1, -0.05) is 37.2 Å². The van der Waals surface area contributed by atoms with E-state index in [9.17, 15) is 4.79 Å². The Hall–Kier alpha value is -1.85. The van der Waals surface area contributed by atoms with Crippen LogP contribution in [0.25, 0.3) is 32.0 Å². The Morgan fingerprint density at radius 2 is 2.04 bits per heavy atom. The van der Waals surface area contributed by atoms with E-state index in [0.29, 0.717) is 0 Å². The smallest absolute Gasteiger partial charge is 0.198 e. The molecule has 2 aromatic heterocycles. The van der Waals surface area contributed by atoms with Crippen LogP contribution in [-0.4, -0.2) is 15.7 Å². The van der Waals surface area contributed by atoms with Crippen molar-refractivity contribution in [2.24, 2.45) is 0 Å². The van der Waals surface area contributed by atoms with Crippen molar-refractivity contribution in [1.29, 1.82) is 0 Å². The lowest BCUT2D eigenvalue weighted by Crippen LogP contribution is -2.03. The first kappa shape index (κ1) is 14.7. The Kier molecular flexibility index (Phi) is 3.83. The molecule has 3 nitrogen and oxygen atoms in total. The first-order chi connectivity index (χ1) is 11.3. The quantitative estimate of drug-likeness (QED) is 0.316. The molecule has 0 saturated heterocycles. The van der Waals surface area contributed by atoms with E-state index in [4.69, 9.17) is 0 Å². The molecular formula is C18H16N2OS2. The minimum atomic E-state index is 0.0914. The third-order valence-electron chi connectivity index (χ3n) is 3.93. The zero-order chi connectivity index (χ0) is 15.8. The number of hydrogen-bond acceptors (Lipinski definition) is 4. The zero-order valence-electron chi connectivity index (χ0n) is 12.8. The Balaban J connectivity index is 1.96. The van der Waals surface area contributed by atoms with Gasteiger partial charge >= 0.3 is 0 Å². The highest BCUT2D eigenvalue weighted by Gasteiger charge is 2.12. The molecule has 0 aliphatic rings. The number of rotatable bonds is 4. The first-order valence-corrected chi connectivity index (χ1v) is 9.55. The molecule has 4 aromatic rings. The van der Waals surface area contributed by atoms with Gasteiger partial charge in [0.05, 0.1) is 21.1 Å². The molecule has 0 bridgehead atoms. The third kappa shape index (κ3) is 2.54. The molecule has 0 saturated carbocycles. The van der Waals surface area contributed by atoms with E-state index in [-0.39, 0.29) is 5.43 Å². The summed E-state index contributed by atoms with van der Waals surface area (Å²) in [6.45, 7) is 2.19.